The summed E-state index contributed by atoms with van der Waals surface area (Å²) < 4.78 is 49.0. The van der Waals surface area contributed by atoms with Crippen molar-refractivity contribution in [2.75, 3.05) is 6.54 Å². The molecule has 1 atom stereocenters. The highest BCUT2D eigenvalue weighted by molar-refractivity contribution is 7.91. The van der Waals surface area contributed by atoms with Crippen LogP contribution in [0.3, 0.4) is 0 Å². The highest BCUT2D eigenvalue weighted by atomic mass is 32.2. The van der Waals surface area contributed by atoms with E-state index in [-0.39, 0.29) is 23.0 Å². The fourth-order valence-electron chi connectivity index (χ4n) is 2.31. The molecule has 1 N–H and O–H groups in total. The van der Waals surface area contributed by atoms with E-state index in [2.05, 4.69) is 5.32 Å². The topological polar surface area (TPSA) is 89.5 Å². The van der Waals surface area contributed by atoms with Crippen LogP contribution in [-0.2, 0) is 9.84 Å². The molecule has 0 aliphatic carbocycles. The van der Waals surface area contributed by atoms with Crippen LogP contribution in [0.2, 0.25) is 0 Å². The molecule has 3 aromatic rings. The number of carbonyl (C=O) groups is 1. The van der Waals surface area contributed by atoms with Crippen LogP contribution in [0.5, 0.6) is 0 Å². The average molecular weight is 363 g/mol. The lowest BCUT2D eigenvalue weighted by atomic mass is 10.3. The number of hydrogen-bond donors (Lipinski definition) is 1. The Morgan fingerprint density at radius 3 is 2.32 bits per heavy atom. The average Bonchev–Trinajstić information content (AvgIpc) is 3.29. The van der Waals surface area contributed by atoms with E-state index in [1.54, 1.807) is 12.1 Å². The third-order valence-electron chi connectivity index (χ3n) is 3.57. The number of hydrogen-bond acceptors (Lipinski definition) is 5. The molecule has 1 aromatic carbocycles. The van der Waals surface area contributed by atoms with Crippen molar-refractivity contribution in [3.63, 3.8) is 0 Å². The van der Waals surface area contributed by atoms with Gasteiger partial charge < -0.3 is 14.2 Å². The van der Waals surface area contributed by atoms with Gasteiger partial charge in [0.25, 0.3) is 5.91 Å². The maximum Gasteiger partial charge on any atom is 0.287 e. The molecule has 130 valence electrons. The summed E-state index contributed by atoms with van der Waals surface area (Å²) in [4.78, 5) is 11.9. The first-order valence-corrected chi connectivity index (χ1v) is 8.87. The summed E-state index contributed by atoms with van der Waals surface area (Å²) in [5.41, 5.74) is 0. The molecule has 0 spiro atoms. The molecular weight excluding hydrogens is 349 g/mol. The van der Waals surface area contributed by atoms with Crippen molar-refractivity contribution in [2.24, 2.45) is 0 Å². The van der Waals surface area contributed by atoms with Gasteiger partial charge in [-0.25, -0.2) is 12.8 Å². The van der Waals surface area contributed by atoms with E-state index in [9.17, 15) is 17.6 Å². The molecule has 0 saturated heterocycles. The van der Waals surface area contributed by atoms with Gasteiger partial charge in [0.2, 0.25) is 0 Å². The molecule has 0 fully saturated rings. The summed E-state index contributed by atoms with van der Waals surface area (Å²) >= 11 is 0. The number of furan rings is 2. The molecule has 0 aliphatic heterocycles. The number of nitrogens with one attached hydrogen (secondary N) is 1. The van der Waals surface area contributed by atoms with Gasteiger partial charge in [-0.2, -0.15) is 0 Å². The van der Waals surface area contributed by atoms with Crippen molar-refractivity contribution < 1.29 is 26.4 Å². The number of amides is 1. The first-order chi connectivity index (χ1) is 12.0. The molecule has 2 aromatic heterocycles. The van der Waals surface area contributed by atoms with E-state index < -0.39 is 26.8 Å². The lowest BCUT2D eigenvalue weighted by molar-refractivity contribution is 0.0925. The van der Waals surface area contributed by atoms with Crippen LogP contribution in [0.15, 0.2) is 74.8 Å². The van der Waals surface area contributed by atoms with Gasteiger partial charge >= 0.3 is 0 Å². The van der Waals surface area contributed by atoms with Crippen molar-refractivity contribution >= 4 is 15.7 Å². The Kier molecular flexibility index (Phi) is 4.71. The normalized spacial score (nSPS) is 12.7. The molecule has 25 heavy (non-hydrogen) atoms. The zero-order chi connectivity index (χ0) is 17.9. The number of carbonyl (C=O) groups excluding carboxylic acids is 1. The van der Waals surface area contributed by atoms with Crippen LogP contribution < -0.4 is 5.32 Å². The van der Waals surface area contributed by atoms with Crippen LogP contribution >= 0.6 is 0 Å². The lowest BCUT2D eigenvalue weighted by Gasteiger charge is -2.16. The van der Waals surface area contributed by atoms with Crippen LogP contribution in [0.25, 0.3) is 0 Å². The molecular formula is C17H14FNO5S. The predicted molar refractivity (Wildman–Crippen MR) is 86.1 cm³/mol. The van der Waals surface area contributed by atoms with Gasteiger partial charge in [0.05, 0.1) is 17.4 Å². The van der Waals surface area contributed by atoms with Gasteiger partial charge in [0, 0.05) is 6.54 Å². The van der Waals surface area contributed by atoms with Gasteiger partial charge in [-0.05, 0) is 48.5 Å². The summed E-state index contributed by atoms with van der Waals surface area (Å²) in [5.74, 6) is -0.850. The zero-order valence-electron chi connectivity index (χ0n) is 12.9. The minimum absolute atomic E-state index is 0.0670. The summed E-state index contributed by atoms with van der Waals surface area (Å²) in [6, 6.07) is 10.5. The van der Waals surface area contributed by atoms with Crippen LogP contribution in [-0.4, -0.2) is 20.9 Å². The first kappa shape index (κ1) is 17.0. The summed E-state index contributed by atoms with van der Waals surface area (Å²) in [6.45, 7) is -0.229. The molecule has 3 rings (SSSR count). The monoisotopic (exact) mass is 363 g/mol. The SMILES string of the molecule is O=C(NC[C@@H](c1ccco1)S(=O)(=O)c1ccc(F)cc1)c1ccco1. The largest absolute Gasteiger partial charge is 0.468 e. The molecule has 1 amide bonds. The molecule has 6 nitrogen and oxygen atoms in total. The number of sulfone groups is 1. The van der Waals surface area contributed by atoms with E-state index in [1.165, 1.54) is 36.8 Å². The summed E-state index contributed by atoms with van der Waals surface area (Å²) in [7, 11) is -3.91. The minimum Gasteiger partial charge on any atom is -0.468 e. The van der Waals surface area contributed by atoms with Crippen LogP contribution in [0, 0.1) is 5.82 Å². The van der Waals surface area contributed by atoms with E-state index in [0.29, 0.717) is 0 Å². The predicted octanol–water partition coefficient (Wildman–Crippen LogP) is 2.96. The Balaban J connectivity index is 1.87. The van der Waals surface area contributed by atoms with Crippen LogP contribution in [0.1, 0.15) is 21.6 Å². The van der Waals surface area contributed by atoms with Crippen molar-refractivity contribution in [1.29, 1.82) is 0 Å². The number of rotatable bonds is 6. The quantitative estimate of drug-likeness (QED) is 0.680. The first-order valence-electron chi connectivity index (χ1n) is 7.33. The van der Waals surface area contributed by atoms with E-state index in [0.717, 1.165) is 12.1 Å². The summed E-state index contributed by atoms with van der Waals surface area (Å²) in [6.07, 6.45) is 2.69. The van der Waals surface area contributed by atoms with Gasteiger partial charge in [0.1, 0.15) is 16.8 Å². The van der Waals surface area contributed by atoms with E-state index >= 15 is 0 Å². The second-order valence-electron chi connectivity index (χ2n) is 5.19. The smallest absolute Gasteiger partial charge is 0.287 e. The van der Waals surface area contributed by atoms with Crippen molar-refractivity contribution in [2.45, 2.75) is 10.1 Å². The van der Waals surface area contributed by atoms with E-state index in [4.69, 9.17) is 8.83 Å². The zero-order valence-corrected chi connectivity index (χ0v) is 13.7. The molecule has 8 heteroatoms. The Morgan fingerprint density at radius 2 is 1.72 bits per heavy atom. The third-order valence-corrected chi connectivity index (χ3v) is 5.65. The van der Waals surface area contributed by atoms with Gasteiger partial charge in [0.15, 0.2) is 15.6 Å². The second-order valence-corrected chi connectivity index (χ2v) is 7.32. The second kappa shape index (κ2) is 6.94. The van der Waals surface area contributed by atoms with Crippen molar-refractivity contribution in [3.05, 3.63) is 78.4 Å². The number of benzene rings is 1. The molecule has 0 radical (unpaired) electrons. The molecule has 0 unspecified atom stereocenters. The van der Waals surface area contributed by atoms with Crippen molar-refractivity contribution in [1.82, 2.24) is 5.32 Å². The third kappa shape index (κ3) is 3.63. The highest BCUT2D eigenvalue weighted by Crippen LogP contribution is 2.29. The maximum atomic E-state index is 13.1. The number of halogens is 1. The van der Waals surface area contributed by atoms with Gasteiger partial charge in [-0.3, -0.25) is 4.79 Å². The van der Waals surface area contributed by atoms with Gasteiger partial charge in [-0.15, -0.1) is 0 Å². The lowest BCUT2D eigenvalue weighted by Crippen LogP contribution is -2.31. The summed E-state index contributed by atoms with van der Waals surface area (Å²) in [5, 5.41) is 1.35. The Hall–Kier alpha value is -2.87. The van der Waals surface area contributed by atoms with Crippen molar-refractivity contribution in [3.8, 4) is 0 Å². The fraction of sp³-hybridized carbons (Fsp3) is 0.118. The highest BCUT2D eigenvalue weighted by Gasteiger charge is 2.32. The molecule has 0 saturated carbocycles. The maximum absolute atomic E-state index is 13.1. The molecule has 0 aliphatic rings. The Labute approximate surface area is 143 Å². The fourth-order valence-corrected chi connectivity index (χ4v) is 3.89. The van der Waals surface area contributed by atoms with Crippen LogP contribution in [0.4, 0.5) is 4.39 Å². The molecule has 2 heterocycles. The van der Waals surface area contributed by atoms with E-state index in [1.807, 2.05) is 0 Å². The Bertz CT molecular complexity index is 932. The van der Waals surface area contributed by atoms with Gasteiger partial charge in [-0.1, -0.05) is 0 Å². The minimum atomic E-state index is -3.91. The molecule has 0 bridgehead atoms. The standard InChI is InChI=1S/C17H14FNO5S/c18-12-5-7-13(8-6-12)25(21,22)16(14-3-1-9-23-14)11-19-17(20)15-4-2-10-24-15/h1-10,16H,11H2,(H,19,20)/t16-/m0/s1. The Morgan fingerprint density at radius 1 is 1.04 bits per heavy atom.